The van der Waals surface area contributed by atoms with E-state index in [4.69, 9.17) is 16.3 Å². The van der Waals surface area contributed by atoms with E-state index in [2.05, 4.69) is 17.1 Å². The Balaban J connectivity index is 1.68. The van der Waals surface area contributed by atoms with Crippen LogP contribution in [0.3, 0.4) is 0 Å². The number of ether oxygens (including phenoxy) is 1. The van der Waals surface area contributed by atoms with Crippen LogP contribution in [0.5, 0.6) is 0 Å². The molecular formula is C21H21ClN2O2. The lowest BCUT2D eigenvalue weighted by molar-refractivity contribution is -0.151. The smallest absolute Gasteiger partial charge is 0.316 e. The zero-order valence-electron chi connectivity index (χ0n) is 14.9. The molecule has 0 spiro atoms. The molecule has 0 aliphatic carbocycles. The molecule has 26 heavy (non-hydrogen) atoms. The number of benzene rings is 2. The highest BCUT2D eigenvalue weighted by atomic mass is 35.5. The standard InChI is InChI=1S/C21H21ClN2O2/c1-21(2,17-9-6-10-18(22)13-17)20(25)26-15-19-23-11-12-24(19)14-16-7-4-3-5-8-16/h3-13H,14-15H2,1-2H3. The second kappa shape index (κ2) is 7.75. The van der Waals surface area contributed by atoms with Gasteiger partial charge >= 0.3 is 5.97 Å². The minimum atomic E-state index is -0.790. The first-order chi connectivity index (χ1) is 12.5. The molecule has 3 aromatic rings. The van der Waals surface area contributed by atoms with Crippen molar-refractivity contribution in [3.8, 4) is 0 Å². The van der Waals surface area contributed by atoms with Gasteiger partial charge in [-0.25, -0.2) is 4.98 Å². The Bertz CT molecular complexity index is 888. The lowest BCUT2D eigenvalue weighted by Crippen LogP contribution is -2.31. The molecule has 0 atom stereocenters. The number of imidazole rings is 1. The van der Waals surface area contributed by atoms with E-state index >= 15 is 0 Å². The molecule has 0 radical (unpaired) electrons. The van der Waals surface area contributed by atoms with Gasteiger partial charge in [0.05, 0.1) is 5.41 Å². The first-order valence-electron chi connectivity index (χ1n) is 8.44. The summed E-state index contributed by atoms with van der Waals surface area (Å²) in [7, 11) is 0. The average molecular weight is 369 g/mol. The SMILES string of the molecule is CC(C)(C(=O)OCc1nccn1Cc1ccccc1)c1cccc(Cl)c1. The van der Waals surface area contributed by atoms with Crippen LogP contribution >= 0.6 is 11.6 Å². The lowest BCUT2D eigenvalue weighted by atomic mass is 9.85. The van der Waals surface area contributed by atoms with Crippen molar-refractivity contribution in [2.24, 2.45) is 0 Å². The summed E-state index contributed by atoms with van der Waals surface area (Å²) >= 11 is 6.05. The van der Waals surface area contributed by atoms with E-state index in [-0.39, 0.29) is 12.6 Å². The van der Waals surface area contributed by atoms with E-state index in [1.807, 2.05) is 54.9 Å². The number of esters is 1. The average Bonchev–Trinajstić information content (AvgIpc) is 3.07. The van der Waals surface area contributed by atoms with Gasteiger partial charge in [-0.2, -0.15) is 0 Å². The van der Waals surface area contributed by atoms with Crippen LogP contribution in [-0.2, 0) is 28.1 Å². The highest BCUT2D eigenvalue weighted by molar-refractivity contribution is 6.30. The number of hydrogen-bond acceptors (Lipinski definition) is 3. The van der Waals surface area contributed by atoms with Crippen LogP contribution in [0.1, 0.15) is 30.8 Å². The molecule has 4 nitrogen and oxygen atoms in total. The number of carbonyl (C=O) groups is 1. The molecule has 1 aromatic heterocycles. The third kappa shape index (κ3) is 4.14. The van der Waals surface area contributed by atoms with Gasteiger partial charge in [-0.1, -0.05) is 54.1 Å². The molecule has 0 amide bonds. The zero-order chi connectivity index (χ0) is 18.6. The molecule has 0 N–H and O–H groups in total. The first kappa shape index (κ1) is 18.2. The molecule has 3 rings (SSSR count). The summed E-state index contributed by atoms with van der Waals surface area (Å²) < 4.78 is 7.54. The van der Waals surface area contributed by atoms with E-state index < -0.39 is 5.41 Å². The Morgan fingerprint density at radius 2 is 1.92 bits per heavy atom. The third-order valence-electron chi connectivity index (χ3n) is 4.39. The molecule has 0 aliphatic rings. The molecule has 0 unspecified atom stereocenters. The summed E-state index contributed by atoms with van der Waals surface area (Å²) in [6.45, 7) is 4.48. The monoisotopic (exact) mass is 368 g/mol. The van der Waals surface area contributed by atoms with Crippen LogP contribution < -0.4 is 0 Å². The molecule has 0 saturated heterocycles. The molecule has 0 saturated carbocycles. The van der Waals surface area contributed by atoms with Gasteiger partial charge < -0.3 is 9.30 Å². The Kier molecular flexibility index (Phi) is 5.43. The van der Waals surface area contributed by atoms with E-state index in [1.54, 1.807) is 18.3 Å². The predicted octanol–water partition coefficient (Wildman–Crippen LogP) is 4.61. The largest absolute Gasteiger partial charge is 0.457 e. The molecule has 134 valence electrons. The van der Waals surface area contributed by atoms with Gasteiger partial charge in [0.1, 0.15) is 12.4 Å². The van der Waals surface area contributed by atoms with Crippen LogP contribution in [0.4, 0.5) is 0 Å². The maximum absolute atomic E-state index is 12.6. The summed E-state index contributed by atoms with van der Waals surface area (Å²) in [5.41, 5.74) is 1.20. The Hall–Kier alpha value is -2.59. The maximum Gasteiger partial charge on any atom is 0.316 e. The van der Waals surface area contributed by atoms with E-state index in [1.165, 1.54) is 0 Å². The summed E-state index contributed by atoms with van der Waals surface area (Å²) in [6, 6.07) is 17.4. The van der Waals surface area contributed by atoms with Crippen LogP contribution in [0.2, 0.25) is 5.02 Å². The first-order valence-corrected chi connectivity index (χ1v) is 8.82. The number of nitrogens with zero attached hydrogens (tertiary/aromatic N) is 2. The molecule has 0 bridgehead atoms. The van der Waals surface area contributed by atoms with E-state index in [0.29, 0.717) is 17.4 Å². The molecular weight excluding hydrogens is 348 g/mol. The van der Waals surface area contributed by atoms with Crippen LogP contribution in [-0.4, -0.2) is 15.5 Å². The van der Waals surface area contributed by atoms with Gasteiger partial charge in [0, 0.05) is 24.0 Å². The van der Waals surface area contributed by atoms with Gasteiger partial charge in [-0.15, -0.1) is 0 Å². The fourth-order valence-corrected chi connectivity index (χ4v) is 2.90. The number of carbonyl (C=O) groups excluding carboxylic acids is 1. The minimum Gasteiger partial charge on any atom is -0.457 e. The minimum absolute atomic E-state index is 0.128. The number of aromatic nitrogens is 2. The van der Waals surface area contributed by atoms with Crippen molar-refractivity contribution in [1.82, 2.24) is 9.55 Å². The van der Waals surface area contributed by atoms with Gasteiger partial charge in [0.15, 0.2) is 0 Å². The Labute approximate surface area is 158 Å². The second-order valence-electron chi connectivity index (χ2n) is 6.67. The fourth-order valence-electron chi connectivity index (χ4n) is 2.71. The van der Waals surface area contributed by atoms with Crippen LogP contribution in [0, 0.1) is 0 Å². The van der Waals surface area contributed by atoms with Crippen molar-refractivity contribution in [3.63, 3.8) is 0 Å². The summed E-state index contributed by atoms with van der Waals surface area (Å²) in [5, 5.41) is 0.599. The normalized spacial score (nSPS) is 11.3. The zero-order valence-corrected chi connectivity index (χ0v) is 15.6. The summed E-state index contributed by atoms with van der Waals surface area (Å²) in [4.78, 5) is 17.0. The lowest BCUT2D eigenvalue weighted by Gasteiger charge is -2.23. The predicted molar refractivity (Wildman–Crippen MR) is 102 cm³/mol. The fraction of sp³-hybridized carbons (Fsp3) is 0.238. The van der Waals surface area contributed by atoms with Crippen LogP contribution in [0.25, 0.3) is 0 Å². The van der Waals surface area contributed by atoms with Gasteiger partial charge in [-0.3, -0.25) is 4.79 Å². The molecule has 2 aromatic carbocycles. The summed E-state index contributed by atoms with van der Waals surface area (Å²) in [6.07, 6.45) is 3.60. The van der Waals surface area contributed by atoms with Crippen molar-refractivity contribution in [2.75, 3.05) is 0 Å². The van der Waals surface area contributed by atoms with E-state index in [9.17, 15) is 4.79 Å². The molecule has 0 fully saturated rings. The van der Waals surface area contributed by atoms with Crippen molar-refractivity contribution >= 4 is 17.6 Å². The summed E-state index contributed by atoms with van der Waals surface area (Å²) in [5.74, 6) is 0.401. The Morgan fingerprint density at radius 3 is 2.65 bits per heavy atom. The topological polar surface area (TPSA) is 44.1 Å². The van der Waals surface area contributed by atoms with Crippen molar-refractivity contribution in [1.29, 1.82) is 0 Å². The molecule has 5 heteroatoms. The number of rotatable bonds is 6. The van der Waals surface area contributed by atoms with Crippen molar-refractivity contribution in [3.05, 3.63) is 89.0 Å². The second-order valence-corrected chi connectivity index (χ2v) is 7.10. The van der Waals surface area contributed by atoms with Gasteiger partial charge in [0.25, 0.3) is 0 Å². The van der Waals surface area contributed by atoms with Crippen molar-refractivity contribution in [2.45, 2.75) is 32.4 Å². The van der Waals surface area contributed by atoms with Crippen molar-refractivity contribution < 1.29 is 9.53 Å². The maximum atomic E-state index is 12.6. The quantitative estimate of drug-likeness (QED) is 0.597. The number of hydrogen-bond donors (Lipinski definition) is 0. The molecule has 1 heterocycles. The van der Waals surface area contributed by atoms with E-state index in [0.717, 1.165) is 11.1 Å². The van der Waals surface area contributed by atoms with Crippen LogP contribution in [0.15, 0.2) is 67.0 Å². The highest BCUT2D eigenvalue weighted by Crippen LogP contribution is 2.27. The Morgan fingerprint density at radius 1 is 1.15 bits per heavy atom. The number of halogens is 1. The third-order valence-corrected chi connectivity index (χ3v) is 4.62. The molecule has 0 aliphatic heterocycles. The van der Waals surface area contributed by atoms with Gasteiger partial charge in [0.2, 0.25) is 0 Å². The van der Waals surface area contributed by atoms with Gasteiger partial charge in [-0.05, 0) is 37.1 Å². The highest BCUT2D eigenvalue weighted by Gasteiger charge is 2.32.